The molecule has 0 radical (unpaired) electrons. The van der Waals surface area contributed by atoms with Gasteiger partial charge >= 0.3 is 0 Å². The maximum absolute atomic E-state index is 10.6. The largest absolute Gasteiger partial charge is 0.396 e. The number of piperidine rings is 1. The second-order valence-corrected chi connectivity index (χ2v) is 6.86. The van der Waals surface area contributed by atoms with Gasteiger partial charge < -0.3 is 10.2 Å². The minimum atomic E-state index is -0.507. The molecule has 0 aliphatic carbocycles. The van der Waals surface area contributed by atoms with Gasteiger partial charge in [-0.15, -0.1) is 0 Å². The Morgan fingerprint density at radius 2 is 2.04 bits per heavy atom. The molecular weight excluding hydrogens is 302 g/mol. The Hall–Kier alpha value is -1.69. The molecule has 130 valence electrons. The van der Waals surface area contributed by atoms with Crippen molar-refractivity contribution >= 4 is 0 Å². The van der Waals surface area contributed by atoms with Gasteiger partial charge in [0.25, 0.3) is 0 Å². The monoisotopic (exact) mass is 329 g/mol. The first-order chi connectivity index (χ1) is 11.6. The van der Waals surface area contributed by atoms with E-state index >= 15 is 0 Å². The van der Waals surface area contributed by atoms with E-state index in [2.05, 4.69) is 29.1 Å². The molecule has 1 aliphatic rings. The molecule has 1 fully saturated rings. The third-order valence-electron chi connectivity index (χ3n) is 5.08. The zero-order chi connectivity index (χ0) is 17.0. The van der Waals surface area contributed by atoms with Gasteiger partial charge in [0.1, 0.15) is 0 Å². The lowest BCUT2D eigenvalue weighted by Crippen LogP contribution is -2.54. The van der Waals surface area contributed by atoms with E-state index in [0.29, 0.717) is 19.4 Å². The average molecular weight is 329 g/mol. The van der Waals surface area contributed by atoms with Crippen LogP contribution in [0.25, 0.3) is 0 Å². The maximum atomic E-state index is 10.6. The third kappa shape index (κ3) is 3.69. The first-order valence-corrected chi connectivity index (χ1v) is 8.73. The molecule has 1 aromatic heterocycles. The van der Waals surface area contributed by atoms with Crippen LogP contribution in [0, 0.1) is 5.41 Å². The van der Waals surface area contributed by atoms with Gasteiger partial charge in [0.05, 0.1) is 18.4 Å². The standard InChI is InChI=1S/C19H27N3O2/c1-2-22-11-8-17(20-22)13-21-10-9-18(24)19(14-21,15-23)12-16-6-4-3-5-7-16/h3-8,11,18,23-24H,2,9-10,12-15H2,1H3/t18-,19+/m0/s1. The summed E-state index contributed by atoms with van der Waals surface area (Å²) in [6.07, 6.45) is 2.89. The minimum Gasteiger partial charge on any atom is -0.396 e. The molecule has 3 rings (SSSR count). The van der Waals surface area contributed by atoms with E-state index in [4.69, 9.17) is 0 Å². The third-order valence-corrected chi connectivity index (χ3v) is 5.08. The van der Waals surface area contributed by atoms with Gasteiger partial charge in [-0.1, -0.05) is 30.3 Å². The van der Waals surface area contributed by atoms with E-state index in [0.717, 1.165) is 30.9 Å². The van der Waals surface area contributed by atoms with Crippen LogP contribution >= 0.6 is 0 Å². The Balaban J connectivity index is 1.73. The van der Waals surface area contributed by atoms with E-state index in [1.54, 1.807) is 0 Å². The molecule has 0 bridgehead atoms. The van der Waals surface area contributed by atoms with E-state index in [1.165, 1.54) is 0 Å². The summed E-state index contributed by atoms with van der Waals surface area (Å²) in [5, 5.41) is 25.2. The normalized spacial score (nSPS) is 25.0. The maximum Gasteiger partial charge on any atom is 0.0764 e. The molecule has 1 aliphatic heterocycles. The molecule has 24 heavy (non-hydrogen) atoms. The number of rotatable bonds is 6. The average Bonchev–Trinajstić information content (AvgIpc) is 3.06. The molecule has 0 spiro atoms. The summed E-state index contributed by atoms with van der Waals surface area (Å²) in [7, 11) is 0. The molecule has 2 aromatic rings. The fourth-order valence-corrected chi connectivity index (χ4v) is 3.66. The fraction of sp³-hybridized carbons (Fsp3) is 0.526. The lowest BCUT2D eigenvalue weighted by molar-refractivity contribution is -0.0771. The van der Waals surface area contributed by atoms with Crippen LogP contribution < -0.4 is 0 Å². The molecule has 2 N–H and O–H groups in total. The number of nitrogens with zero attached hydrogens (tertiary/aromatic N) is 3. The highest BCUT2D eigenvalue weighted by atomic mass is 16.3. The van der Waals surface area contributed by atoms with Crippen LogP contribution in [0.4, 0.5) is 0 Å². The lowest BCUT2D eigenvalue weighted by atomic mass is 9.73. The highest BCUT2D eigenvalue weighted by Crippen LogP contribution is 2.34. The minimum absolute atomic E-state index is 0.0110. The summed E-state index contributed by atoms with van der Waals surface area (Å²) in [5.41, 5.74) is 1.69. The predicted octanol–water partition coefficient (Wildman–Crippen LogP) is 1.69. The van der Waals surface area contributed by atoms with Crippen molar-refractivity contribution in [2.24, 2.45) is 5.41 Å². The molecule has 5 nitrogen and oxygen atoms in total. The van der Waals surface area contributed by atoms with Crippen molar-refractivity contribution in [1.82, 2.24) is 14.7 Å². The van der Waals surface area contributed by atoms with Gasteiger partial charge in [0, 0.05) is 37.8 Å². The van der Waals surface area contributed by atoms with Crippen molar-refractivity contribution in [2.75, 3.05) is 19.7 Å². The van der Waals surface area contributed by atoms with Crippen LogP contribution in [0.2, 0.25) is 0 Å². The van der Waals surface area contributed by atoms with Crippen molar-refractivity contribution in [3.05, 3.63) is 53.9 Å². The number of aliphatic hydroxyl groups excluding tert-OH is 2. The smallest absolute Gasteiger partial charge is 0.0764 e. The number of likely N-dealkylation sites (tertiary alicyclic amines) is 1. The van der Waals surface area contributed by atoms with E-state index in [1.807, 2.05) is 35.1 Å². The van der Waals surface area contributed by atoms with Crippen molar-refractivity contribution in [1.29, 1.82) is 0 Å². The van der Waals surface area contributed by atoms with Crippen LogP contribution in [0.15, 0.2) is 42.6 Å². The van der Waals surface area contributed by atoms with Gasteiger partial charge in [-0.25, -0.2) is 0 Å². The highest BCUT2D eigenvalue weighted by Gasteiger charge is 2.42. The Morgan fingerprint density at radius 3 is 2.71 bits per heavy atom. The number of benzene rings is 1. The Morgan fingerprint density at radius 1 is 1.25 bits per heavy atom. The first kappa shape index (κ1) is 17.1. The van der Waals surface area contributed by atoms with Gasteiger partial charge in [0.2, 0.25) is 0 Å². The summed E-state index contributed by atoms with van der Waals surface area (Å²) in [6.45, 7) is 5.20. The molecule has 2 heterocycles. The van der Waals surface area contributed by atoms with Crippen molar-refractivity contribution in [2.45, 2.75) is 39.0 Å². The Kier molecular flexibility index (Phi) is 5.33. The molecule has 0 amide bonds. The van der Waals surface area contributed by atoms with Gasteiger partial charge in [-0.3, -0.25) is 9.58 Å². The van der Waals surface area contributed by atoms with Gasteiger partial charge in [-0.2, -0.15) is 5.10 Å². The summed E-state index contributed by atoms with van der Waals surface area (Å²) in [6, 6.07) is 12.2. The number of hydrogen-bond acceptors (Lipinski definition) is 4. The quantitative estimate of drug-likeness (QED) is 0.847. The van der Waals surface area contributed by atoms with Crippen LogP contribution in [0.5, 0.6) is 0 Å². The zero-order valence-electron chi connectivity index (χ0n) is 14.3. The van der Waals surface area contributed by atoms with E-state index in [-0.39, 0.29) is 6.61 Å². The Bertz CT molecular complexity index is 643. The zero-order valence-corrected chi connectivity index (χ0v) is 14.3. The molecule has 5 heteroatoms. The second kappa shape index (κ2) is 7.47. The van der Waals surface area contributed by atoms with Crippen LogP contribution in [0.3, 0.4) is 0 Å². The number of aryl methyl sites for hydroxylation is 1. The van der Waals surface area contributed by atoms with E-state index in [9.17, 15) is 10.2 Å². The van der Waals surface area contributed by atoms with Crippen molar-refractivity contribution in [3.8, 4) is 0 Å². The second-order valence-electron chi connectivity index (χ2n) is 6.86. The molecular formula is C19H27N3O2. The summed E-state index contributed by atoms with van der Waals surface area (Å²) in [5.74, 6) is 0. The van der Waals surface area contributed by atoms with Gasteiger partial charge in [-0.05, 0) is 31.4 Å². The van der Waals surface area contributed by atoms with Gasteiger partial charge in [0.15, 0.2) is 0 Å². The molecule has 0 unspecified atom stereocenters. The van der Waals surface area contributed by atoms with Crippen LogP contribution in [0.1, 0.15) is 24.6 Å². The van der Waals surface area contributed by atoms with E-state index < -0.39 is 11.5 Å². The molecule has 2 atom stereocenters. The van der Waals surface area contributed by atoms with Crippen molar-refractivity contribution in [3.63, 3.8) is 0 Å². The van der Waals surface area contributed by atoms with Crippen molar-refractivity contribution < 1.29 is 10.2 Å². The summed E-state index contributed by atoms with van der Waals surface area (Å²) < 4.78 is 1.93. The van der Waals surface area contributed by atoms with Crippen LogP contribution in [-0.2, 0) is 19.5 Å². The number of aromatic nitrogens is 2. The fourth-order valence-electron chi connectivity index (χ4n) is 3.66. The SMILES string of the molecule is CCn1ccc(CN2CC[C@H](O)[C@](CO)(Cc3ccccc3)C2)n1. The Labute approximate surface area is 143 Å². The molecule has 1 aromatic carbocycles. The number of hydrogen-bond donors (Lipinski definition) is 2. The molecule has 0 saturated carbocycles. The summed E-state index contributed by atoms with van der Waals surface area (Å²) in [4.78, 5) is 2.30. The number of aliphatic hydroxyl groups is 2. The highest BCUT2D eigenvalue weighted by molar-refractivity contribution is 5.18. The summed E-state index contributed by atoms with van der Waals surface area (Å²) >= 11 is 0. The first-order valence-electron chi connectivity index (χ1n) is 8.73. The molecule has 1 saturated heterocycles. The topological polar surface area (TPSA) is 61.5 Å². The predicted molar refractivity (Wildman–Crippen MR) is 93.5 cm³/mol. The van der Waals surface area contributed by atoms with Crippen LogP contribution in [-0.4, -0.2) is 50.7 Å². The lowest BCUT2D eigenvalue weighted by Gasteiger charge is -2.45.